The van der Waals surface area contributed by atoms with Crippen LogP contribution in [0.2, 0.25) is 0 Å². The molecule has 0 aromatic heterocycles. The van der Waals surface area contributed by atoms with Crippen LogP contribution < -0.4 is 4.90 Å². The highest BCUT2D eigenvalue weighted by Gasteiger charge is 2.28. The Balaban J connectivity index is 1.32. The van der Waals surface area contributed by atoms with Crippen LogP contribution in [0.1, 0.15) is 24.8 Å². The zero-order valence-corrected chi connectivity index (χ0v) is 16.6. The molecule has 0 aliphatic carbocycles. The van der Waals surface area contributed by atoms with Gasteiger partial charge in [0.15, 0.2) is 11.6 Å². The number of benzene rings is 2. The lowest BCUT2D eigenvalue weighted by atomic mass is 10.1. The predicted molar refractivity (Wildman–Crippen MR) is 110 cm³/mol. The van der Waals surface area contributed by atoms with Crippen LogP contribution in [-0.2, 0) is 11.3 Å². The second-order valence-corrected chi connectivity index (χ2v) is 7.90. The van der Waals surface area contributed by atoms with Gasteiger partial charge in [0.1, 0.15) is 0 Å². The molecular weight excluding hydrogens is 372 g/mol. The van der Waals surface area contributed by atoms with Crippen molar-refractivity contribution in [3.63, 3.8) is 0 Å². The number of carbonyl (C=O) groups is 1. The molecule has 6 heteroatoms. The van der Waals surface area contributed by atoms with Crippen molar-refractivity contribution in [2.45, 2.75) is 31.8 Å². The number of nitrogens with zero attached hydrogens (tertiary/aromatic N) is 3. The average Bonchev–Trinajstić information content (AvgIpc) is 2.93. The van der Waals surface area contributed by atoms with Gasteiger partial charge in [-0.25, -0.2) is 8.78 Å². The summed E-state index contributed by atoms with van der Waals surface area (Å²) in [4.78, 5) is 19.3. The van der Waals surface area contributed by atoms with E-state index in [1.165, 1.54) is 11.8 Å². The number of piperazine rings is 1. The third kappa shape index (κ3) is 4.75. The first kappa shape index (κ1) is 19.8. The van der Waals surface area contributed by atoms with Crippen LogP contribution in [0.4, 0.5) is 14.5 Å². The van der Waals surface area contributed by atoms with E-state index in [1.54, 1.807) is 11.0 Å². The fraction of sp³-hybridized carbons (Fsp3) is 0.435. The Kier molecular flexibility index (Phi) is 6.09. The van der Waals surface area contributed by atoms with Gasteiger partial charge in [0.25, 0.3) is 0 Å². The zero-order valence-electron chi connectivity index (χ0n) is 16.6. The first-order valence-corrected chi connectivity index (χ1v) is 10.4. The second-order valence-electron chi connectivity index (χ2n) is 7.90. The Morgan fingerprint density at radius 1 is 0.862 bits per heavy atom. The largest absolute Gasteiger partial charge is 0.369 e. The van der Waals surface area contributed by atoms with E-state index in [2.05, 4.69) is 34.1 Å². The fourth-order valence-electron chi connectivity index (χ4n) is 4.40. The lowest BCUT2D eigenvalue weighted by molar-refractivity contribution is -0.131. The van der Waals surface area contributed by atoms with Crippen molar-refractivity contribution in [1.29, 1.82) is 0 Å². The number of hydrogen-bond donors (Lipinski definition) is 0. The minimum Gasteiger partial charge on any atom is -0.369 e. The molecule has 1 amide bonds. The van der Waals surface area contributed by atoms with Crippen LogP contribution in [0.5, 0.6) is 0 Å². The normalized spacial score (nSPS) is 21.3. The summed E-state index contributed by atoms with van der Waals surface area (Å²) in [7, 11) is 0. The molecule has 0 radical (unpaired) electrons. The van der Waals surface area contributed by atoms with Crippen molar-refractivity contribution < 1.29 is 13.6 Å². The molecular formula is C23H27F2N3O. The molecule has 2 aliphatic heterocycles. The number of amides is 1. The van der Waals surface area contributed by atoms with Crippen molar-refractivity contribution >= 4 is 11.6 Å². The van der Waals surface area contributed by atoms with Crippen LogP contribution in [0.15, 0.2) is 48.5 Å². The lowest BCUT2D eigenvalue weighted by Gasteiger charge is -2.40. The summed E-state index contributed by atoms with van der Waals surface area (Å²) >= 11 is 0. The number of halogens is 2. The van der Waals surface area contributed by atoms with Gasteiger partial charge in [-0.15, -0.1) is 0 Å². The quantitative estimate of drug-likeness (QED) is 0.785. The molecule has 0 N–H and O–H groups in total. The number of likely N-dealkylation sites (tertiary alicyclic amines) is 1. The van der Waals surface area contributed by atoms with E-state index in [1.807, 2.05) is 6.07 Å². The number of anilines is 1. The Morgan fingerprint density at radius 3 is 2.34 bits per heavy atom. The highest BCUT2D eigenvalue weighted by molar-refractivity contribution is 5.76. The van der Waals surface area contributed by atoms with Gasteiger partial charge in [-0.1, -0.05) is 24.3 Å². The predicted octanol–water partition coefficient (Wildman–Crippen LogP) is 3.67. The molecule has 2 fully saturated rings. The standard InChI is InChI=1S/C23H27F2N3O/c24-21-8-6-18(16-22(21)25)17-28-11-10-20(7-9-23(28)29)27-14-12-26(13-15-27)19-4-2-1-3-5-19/h1-6,8,16,20H,7,9-15,17H2. The third-order valence-electron chi connectivity index (χ3n) is 6.09. The minimum absolute atomic E-state index is 0.0974. The van der Waals surface area contributed by atoms with Crippen LogP contribution in [-0.4, -0.2) is 54.5 Å². The fourth-order valence-corrected chi connectivity index (χ4v) is 4.40. The molecule has 2 aromatic rings. The second kappa shape index (κ2) is 8.91. The van der Waals surface area contributed by atoms with Crippen molar-refractivity contribution in [3.05, 3.63) is 65.7 Å². The first-order valence-electron chi connectivity index (χ1n) is 10.4. The topological polar surface area (TPSA) is 26.8 Å². The van der Waals surface area contributed by atoms with Gasteiger partial charge < -0.3 is 9.80 Å². The number of rotatable bonds is 4. The molecule has 1 atom stereocenters. The SMILES string of the molecule is O=C1CCC(N2CCN(c3ccccc3)CC2)CCN1Cc1ccc(F)c(F)c1. The molecule has 29 heavy (non-hydrogen) atoms. The number of carbonyl (C=O) groups excluding carboxylic acids is 1. The van der Waals surface area contributed by atoms with Gasteiger partial charge in [0.05, 0.1) is 0 Å². The van der Waals surface area contributed by atoms with E-state index in [9.17, 15) is 13.6 Å². The smallest absolute Gasteiger partial charge is 0.222 e. The van der Waals surface area contributed by atoms with Crippen LogP contribution in [0.3, 0.4) is 0 Å². The maximum absolute atomic E-state index is 13.5. The highest BCUT2D eigenvalue weighted by Crippen LogP contribution is 2.23. The number of hydrogen-bond acceptors (Lipinski definition) is 3. The van der Waals surface area contributed by atoms with Gasteiger partial charge in [0.2, 0.25) is 5.91 Å². The van der Waals surface area contributed by atoms with Crippen LogP contribution in [0.25, 0.3) is 0 Å². The molecule has 2 saturated heterocycles. The van der Waals surface area contributed by atoms with E-state index >= 15 is 0 Å². The van der Waals surface area contributed by atoms with Gasteiger partial charge in [-0.05, 0) is 42.7 Å². The summed E-state index contributed by atoms with van der Waals surface area (Å²) in [6.07, 6.45) is 2.28. The van der Waals surface area contributed by atoms with Crippen LogP contribution >= 0.6 is 0 Å². The summed E-state index contributed by atoms with van der Waals surface area (Å²) in [5.41, 5.74) is 1.90. The third-order valence-corrected chi connectivity index (χ3v) is 6.09. The Bertz CT molecular complexity index is 837. The minimum atomic E-state index is -0.862. The first-order chi connectivity index (χ1) is 14.1. The summed E-state index contributed by atoms with van der Waals surface area (Å²) < 4.78 is 26.6. The molecule has 0 bridgehead atoms. The molecule has 2 aliphatic rings. The maximum Gasteiger partial charge on any atom is 0.222 e. The molecule has 4 rings (SSSR count). The molecule has 4 nitrogen and oxygen atoms in total. The highest BCUT2D eigenvalue weighted by atomic mass is 19.2. The van der Waals surface area contributed by atoms with Crippen molar-refractivity contribution in [2.75, 3.05) is 37.6 Å². The molecule has 2 heterocycles. The Hall–Kier alpha value is -2.47. The van der Waals surface area contributed by atoms with Crippen molar-refractivity contribution in [3.8, 4) is 0 Å². The molecule has 1 unspecified atom stereocenters. The van der Waals surface area contributed by atoms with E-state index in [-0.39, 0.29) is 5.91 Å². The van der Waals surface area contributed by atoms with Crippen molar-refractivity contribution in [1.82, 2.24) is 9.80 Å². The molecule has 0 saturated carbocycles. The van der Waals surface area contributed by atoms with Gasteiger partial charge in [0, 0.05) is 57.4 Å². The van der Waals surface area contributed by atoms with Gasteiger partial charge in [-0.3, -0.25) is 9.69 Å². The summed E-state index contributed by atoms with van der Waals surface area (Å²) in [6, 6.07) is 14.7. The summed E-state index contributed by atoms with van der Waals surface area (Å²) in [6.45, 7) is 4.97. The van der Waals surface area contributed by atoms with Crippen molar-refractivity contribution in [2.24, 2.45) is 0 Å². The maximum atomic E-state index is 13.5. The number of para-hydroxylation sites is 1. The van der Waals surface area contributed by atoms with E-state index in [0.29, 0.717) is 31.1 Å². The average molecular weight is 399 g/mol. The molecule has 154 valence electrons. The van der Waals surface area contributed by atoms with Crippen LogP contribution in [0, 0.1) is 11.6 Å². The molecule has 2 aromatic carbocycles. The Labute approximate surface area is 170 Å². The van der Waals surface area contributed by atoms with E-state index < -0.39 is 11.6 Å². The zero-order chi connectivity index (χ0) is 20.2. The van der Waals surface area contributed by atoms with Gasteiger partial charge in [-0.2, -0.15) is 0 Å². The van der Waals surface area contributed by atoms with E-state index in [0.717, 1.165) is 45.1 Å². The lowest BCUT2D eigenvalue weighted by Crippen LogP contribution is -2.50. The van der Waals surface area contributed by atoms with E-state index in [4.69, 9.17) is 0 Å². The molecule has 0 spiro atoms. The summed E-state index contributed by atoms with van der Waals surface area (Å²) in [5.74, 6) is -1.62. The Morgan fingerprint density at radius 2 is 1.62 bits per heavy atom. The monoisotopic (exact) mass is 399 g/mol. The summed E-state index contributed by atoms with van der Waals surface area (Å²) in [5, 5.41) is 0. The van der Waals surface area contributed by atoms with Gasteiger partial charge >= 0.3 is 0 Å².